The van der Waals surface area contributed by atoms with Crippen molar-refractivity contribution in [1.82, 2.24) is 10.2 Å². The molecule has 1 heterocycles. The largest absolute Gasteiger partial charge is 0.302 e. The van der Waals surface area contributed by atoms with E-state index in [0.29, 0.717) is 19.0 Å². The molecule has 2 aliphatic carbocycles. The number of carbonyl (C=O) groups is 2. The maximum Gasteiger partial charge on any atom is 0.246 e. The second-order valence-corrected chi connectivity index (χ2v) is 5.60. The number of hydrogen-bond donors (Lipinski definition) is 1. The summed E-state index contributed by atoms with van der Waals surface area (Å²) in [5.74, 6) is 1.51. The van der Waals surface area contributed by atoms with Crippen molar-refractivity contribution in [3.63, 3.8) is 0 Å². The Morgan fingerprint density at radius 1 is 1.24 bits per heavy atom. The summed E-state index contributed by atoms with van der Waals surface area (Å²) in [5, 5.41) is 3.47. The van der Waals surface area contributed by atoms with E-state index in [-0.39, 0.29) is 17.9 Å². The SMILES string of the molecule is CCN1C(=O)CC(NC(C2CC2)C2CC2)C1=O. The van der Waals surface area contributed by atoms with Crippen molar-refractivity contribution in [3.8, 4) is 0 Å². The van der Waals surface area contributed by atoms with Crippen LogP contribution in [0, 0.1) is 11.8 Å². The number of carbonyl (C=O) groups excluding carboxylic acids is 2. The Bertz CT molecular complexity index is 335. The summed E-state index contributed by atoms with van der Waals surface area (Å²) >= 11 is 0. The van der Waals surface area contributed by atoms with Gasteiger partial charge in [-0.25, -0.2) is 0 Å². The van der Waals surface area contributed by atoms with E-state index in [1.165, 1.54) is 30.6 Å². The molecule has 4 heteroatoms. The highest BCUT2D eigenvalue weighted by atomic mass is 16.2. The Morgan fingerprint density at radius 2 is 1.82 bits per heavy atom. The van der Waals surface area contributed by atoms with Gasteiger partial charge in [-0.05, 0) is 44.4 Å². The van der Waals surface area contributed by atoms with Gasteiger partial charge in [0.15, 0.2) is 0 Å². The summed E-state index contributed by atoms with van der Waals surface area (Å²) in [5.41, 5.74) is 0. The van der Waals surface area contributed by atoms with Crippen molar-refractivity contribution in [3.05, 3.63) is 0 Å². The minimum absolute atomic E-state index is 0.0104. The quantitative estimate of drug-likeness (QED) is 0.722. The van der Waals surface area contributed by atoms with Gasteiger partial charge in [0.05, 0.1) is 12.5 Å². The van der Waals surface area contributed by atoms with Crippen molar-refractivity contribution in [2.24, 2.45) is 11.8 Å². The number of hydrogen-bond acceptors (Lipinski definition) is 3. The first-order chi connectivity index (χ1) is 8.20. The highest BCUT2D eigenvalue weighted by Crippen LogP contribution is 2.44. The van der Waals surface area contributed by atoms with Crippen molar-refractivity contribution < 1.29 is 9.59 Å². The van der Waals surface area contributed by atoms with Gasteiger partial charge < -0.3 is 5.32 Å². The Morgan fingerprint density at radius 3 is 2.24 bits per heavy atom. The van der Waals surface area contributed by atoms with Gasteiger partial charge in [-0.1, -0.05) is 0 Å². The van der Waals surface area contributed by atoms with Crippen molar-refractivity contribution >= 4 is 11.8 Å². The van der Waals surface area contributed by atoms with Gasteiger partial charge in [-0.15, -0.1) is 0 Å². The standard InChI is InChI=1S/C13H20N2O2/c1-2-15-11(16)7-10(13(15)17)14-12(8-3-4-8)9-5-6-9/h8-10,12,14H,2-7H2,1H3. The van der Waals surface area contributed by atoms with Crippen LogP contribution >= 0.6 is 0 Å². The van der Waals surface area contributed by atoms with Gasteiger partial charge in [0, 0.05) is 12.6 Å². The molecule has 0 aromatic carbocycles. The molecule has 0 aromatic heterocycles. The summed E-state index contributed by atoms with van der Waals surface area (Å²) in [4.78, 5) is 25.0. The smallest absolute Gasteiger partial charge is 0.246 e. The van der Waals surface area contributed by atoms with Crippen LogP contribution in [-0.4, -0.2) is 35.3 Å². The molecule has 2 amide bonds. The average molecular weight is 236 g/mol. The van der Waals surface area contributed by atoms with E-state index in [9.17, 15) is 9.59 Å². The summed E-state index contributed by atoms with van der Waals surface area (Å²) in [7, 11) is 0. The third-order valence-electron chi connectivity index (χ3n) is 4.21. The number of nitrogens with one attached hydrogen (secondary N) is 1. The number of nitrogens with zero attached hydrogens (tertiary/aromatic N) is 1. The molecule has 4 nitrogen and oxygen atoms in total. The molecule has 3 rings (SSSR count). The number of likely N-dealkylation sites (tertiary alicyclic amines) is 1. The highest BCUT2D eigenvalue weighted by molar-refractivity contribution is 6.05. The van der Waals surface area contributed by atoms with Crippen LogP contribution in [0.4, 0.5) is 0 Å². The molecule has 94 valence electrons. The zero-order valence-electron chi connectivity index (χ0n) is 10.3. The van der Waals surface area contributed by atoms with E-state index in [2.05, 4.69) is 5.32 Å². The number of imide groups is 1. The second-order valence-electron chi connectivity index (χ2n) is 5.60. The molecule has 1 unspecified atom stereocenters. The lowest BCUT2D eigenvalue weighted by Gasteiger charge is -2.21. The van der Waals surface area contributed by atoms with E-state index in [0.717, 1.165) is 11.8 Å². The lowest BCUT2D eigenvalue weighted by Crippen LogP contribution is -2.45. The zero-order valence-corrected chi connectivity index (χ0v) is 10.3. The maximum absolute atomic E-state index is 12.0. The molecule has 2 saturated carbocycles. The molecule has 3 aliphatic rings. The van der Waals surface area contributed by atoms with Crippen LogP contribution in [0.15, 0.2) is 0 Å². The van der Waals surface area contributed by atoms with E-state index in [4.69, 9.17) is 0 Å². The Hall–Kier alpha value is -0.900. The van der Waals surface area contributed by atoms with Crippen molar-refractivity contribution in [2.75, 3.05) is 6.54 Å². The first-order valence-electron chi connectivity index (χ1n) is 6.81. The van der Waals surface area contributed by atoms with Gasteiger partial charge in [0.2, 0.25) is 11.8 Å². The molecule has 1 aliphatic heterocycles. The van der Waals surface area contributed by atoms with E-state index in [1.807, 2.05) is 6.92 Å². The fourth-order valence-electron chi connectivity index (χ4n) is 2.95. The predicted octanol–water partition coefficient (Wildman–Crippen LogP) is 0.912. The van der Waals surface area contributed by atoms with Crippen LogP contribution in [0.25, 0.3) is 0 Å². The van der Waals surface area contributed by atoms with Gasteiger partial charge in [-0.3, -0.25) is 14.5 Å². The molecule has 3 fully saturated rings. The average Bonchev–Trinajstić information content (AvgIpc) is 3.15. The Labute approximate surface area is 102 Å². The van der Waals surface area contributed by atoms with Gasteiger partial charge in [-0.2, -0.15) is 0 Å². The Kier molecular flexibility index (Phi) is 2.69. The summed E-state index contributed by atoms with van der Waals surface area (Å²) in [6, 6.07) is 0.252. The third-order valence-corrected chi connectivity index (χ3v) is 4.21. The molecule has 0 bridgehead atoms. The topological polar surface area (TPSA) is 49.4 Å². The van der Waals surface area contributed by atoms with Crippen LogP contribution in [-0.2, 0) is 9.59 Å². The van der Waals surface area contributed by atoms with Crippen LogP contribution in [0.5, 0.6) is 0 Å². The minimum Gasteiger partial charge on any atom is -0.302 e. The number of amides is 2. The number of likely N-dealkylation sites (N-methyl/N-ethyl adjacent to an activating group) is 1. The van der Waals surface area contributed by atoms with Crippen LogP contribution in [0.2, 0.25) is 0 Å². The van der Waals surface area contributed by atoms with E-state index in [1.54, 1.807) is 0 Å². The van der Waals surface area contributed by atoms with E-state index < -0.39 is 0 Å². The molecule has 0 spiro atoms. The van der Waals surface area contributed by atoms with E-state index >= 15 is 0 Å². The van der Waals surface area contributed by atoms with Crippen molar-refractivity contribution in [1.29, 1.82) is 0 Å². The lowest BCUT2D eigenvalue weighted by molar-refractivity contribution is -0.138. The first kappa shape index (κ1) is 11.2. The Balaban J connectivity index is 1.64. The summed E-state index contributed by atoms with van der Waals surface area (Å²) in [6.07, 6.45) is 5.53. The van der Waals surface area contributed by atoms with Gasteiger partial charge >= 0.3 is 0 Å². The molecule has 1 saturated heterocycles. The lowest BCUT2D eigenvalue weighted by atomic mass is 10.1. The normalized spacial score (nSPS) is 29.5. The molecule has 17 heavy (non-hydrogen) atoms. The summed E-state index contributed by atoms with van der Waals surface area (Å²) in [6.45, 7) is 2.37. The van der Waals surface area contributed by atoms with Gasteiger partial charge in [0.1, 0.15) is 0 Å². The molecule has 0 radical (unpaired) electrons. The molecule has 0 aromatic rings. The first-order valence-corrected chi connectivity index (χ1v) is 6.81. The molecule has 1 N–H and O–H groups in total. The third kappa shape index (κ3) is 2.10. The van der Waals surface area contributed by atoms with Crippen LogP contribution < -0.4 is 5.32 Å². The molecule has 1 atom stereocenters. The second kappa shape index (κ2) is 4.09. The van der Waals surface area contributed by atoms with Crippen molar-refractivity contribution in [2.45, 2.75) is 51.1 Å². The zero-order chi connectivity index (χ0) is 12.0. The number of rotatable bonds is 5. The van der Waals surface area contributed by atoms with Crippen LogP contribution in [0.3, 0.4) is 0 Å². The summed E-state index contributed by atoms with van der Waals surface area (Å²) < 4.78 is 0. The fraction of sp³-hybridized carbons (Fsp3) is 0.846. The minimum atomic E-state index is -0.242. The predicted molar refractivity (Wildman–Crippen MR) is 63.2 cm³/mol. The van der Waals surface area contributed by atoms with Crippen LogP contribution in [0.1, 0.15) is 39.0 Å². The fourth-order valence-corrected chi connectivity index (χ4v) is 2.95. The molecular weight excluding hydrogens is 216 g/mol. The molecular formula is C13H20N2O2. The highest BCUT2D eigenvalue weighted by Gasteiger charge is 2.45. The van der Waals surface area contributed by atoms with Gasteiger partial charge in [0.25, 0.3) is 0 Å². The maximum atomic E-state index is 12.0. The monoisotopic (exact) mass is 236 g/mol.